The summed E-state index contributed by atoms with van der Waals surface area (Å²) in [4.78, 5) is 24.0. The van der Waals surface area contributed by atoms with E-state index in [-0.39, 0.29) is 5.78 Å². The van der Waals surface area contributed by atoms with Gasteiger partial charge in [0, 0.05) is 17.4 Å². The molecule has 0 radical (unpaired) electrons. The van der Waals surface area contributed by atoms with Crippen molar-refractivity contribution < 1.29 is 14.3 Å². The van der Waals surface area contributed by atoms with E-state index in [4.69, 9.17) is 17.0 Å². The molecule has 0 aliphatic rings. The van der Waals surface area contributed by atoms with E-state index in [0.717, 1.165) is 11.1 Å². The lowest BCUT2D eigenvalue weighted by Gasteiger charge is -2.05. The second kappa shape index (κ2) is 8.34. The second-order valence-corrected chi connectivity index (χ2v) is 5.32. The highest BCUT2D eigenvalue weighted by Crippen LogP contribution is 2.12. The zero-order chi connectivity index (χ0) is 16.7. The monoisotopic (exact) mass is 326 g/mol. The third kappa shape index (κ3) is 4.83. The van der Waals surface area contributed by atoms with Crippen molar-refractivity contribution in [2.75, 3.05) is 6.61 Å². The van der Waals surface area contributed by atoms with Crippen molar-refractivity contribution in [3.8, 4) is 0 Å². The summed E-state index contributed by atoms with van der Waals surface area (Å²) >= 11 is 4.87. The van der Waals surface area contributed by atoms with Gasteiger partial charge >= 0.3 is 5.97 Å². The predicted molar refractivity (Wildman–Crippen MR) is 94.2 cm³/mol. The van der Waals surface area contributed by atoms with Crippen LogP contribution >= 0.6 is 12.2 Å². The van der Waals surface area contributed by atoms with Crippen LogP contribution in [-0.4, -0.2) is 23.7 Å². The molecule has 2 aromatic rings. The Balaban J connectivity index is 2.01. The zero-order valence-electron chi connectivity index (χ0n) is 13.0. The Labute approximate surface area is 141 Å². The normalized spacial score (nSPS) is 10.1. The number of carbonyl (C=O) groups excluding carboxylic acids is 2. The van der Waals surface area contributed by atoms with E-state index in [1.165, 1.54) is 0 Å². The number of Topliss-reactive ketones (excluding diaryl/α,β-unsaturated/α-hetero) is 1. The first-order valence-corrected chi connectivity index (χ1v) is 7.95. The van der Waals surface area contributed by atoms with Gasteiger partial charge in [-0.3, -0.25) is 4.79 Å². The molecule has 2 aromatic carbocycles. The molecule has 23 heavy (non-hydrogen) atoms. The van der Waals surface area contributed by atoms with E-state index in [1.54, 1.807) is 36.6 Å². The van der Waals surface area contributed by atoms with Gasteiger partial charge in [0.25, 0.3) is 0 Å². The van der Waals surface area contributed by atoms with Crippen LogP contribution in [0.4, 0.5) is 0 Å². The molecule has 0 aromatic heterocycles. The van der Waals surface area contributed by atoms with E-state index in [1.807, 2.05) is 24.3 Å². The summed E-state index contributed by atoms with van der Waals surface area (Å²) in [6.45, 7) is 2.07. The fourth-order valence-corrected chi connectivity index (χ4v) is 2.36. The number of aryl methyl sites for hydroxylation is 1. The van der Waals surface area contributed by atoms with Crippen molar-refractivity contribution in [1.29, 1.82) is 0 Å². The van der Waals surface area contributed by atoms with Crippen molar-refractivity contribution >= 4 is 29.3 Å². The number of carbonyl (C=O) groups is 2. The first-order chi connectivity index (χ1) is 11.1. The topological polar surface area (TPSA) is 43.4 Å². The molecule has 0 saturated carbocycles. The van der Waals surface area contributed by atoms with Crippen LogP contribution in [0.2, 0.25) is 0 Å². The van der Waals surface area contributed by atoms with Crippen molar-refractivity contribution in [1.82, 2.24) is 0 Å². The number of ketones is 1. The van der Waals surface area contributed by atoms with Crippen LogP contribution in [0.5, 0.6) is 0 Å². The molecular formula is C19H18O3S. The van der Waals surface area contributed by atoms with E-state index in [9.17, 15) is 9.59 Å². The summed E-state index contributed by atoms with van der Waals surface area (Å²) in [7, 11) is 0. The lowest BCUT2D eigenvalue weighted by molar-refractivity contribution is 0.0526. The van der Waals surface area contributed by atoms with Crippen LogP contribution in [0.1, 0.15) is 45.2 Å². The van der Waals surface area contributed by atoms with Gasteiger partial charge in [0.2, 0.25) is 0 Å². The molecule has 118 valence electrons. The van der Waals surface area contributed by atoms with Crippen LogP contribution in [0.15, 0.2) is 48.5 Å². The molecule has 2 rings (SSSR count). The molecule has 0 N–H and O–H groups in total. The summed E-state index contributed by atoms with van der Waals surface area (Å²) in [6.07, 6.45) is 1.05. The van der Waals surface area contributed by atoms with Gasteiger partial charge in [-0.25, -0.2) is 4.79 Å². The first-order valence-electron chi connectivity index (χ1n) is 7.48. The third-order valence-electron chi connectivity index (χ3n) is 3.45. The van der Waals surface area contributed by atoms with E-state index >= 15 is 0 Å². The lowest BCUT2D eigenvalue weighted by Crippen LogP contribution is -2.07. The molecule has 0 aliphatic carbocycles. The fraction of sp³-hybridized carbons (Fsp3) is 0.211. The highest BCUT2D eigenvalue weighted by molar-refractivity contribution is 7.79. The molecule has 0 heterocycles. The maximum absolute atomic E-state index is 12.3. The van der Waals surface area contributed by atoms with Gasteiger partial charge in [-0.1, -0.05) is 48.6 Å². The molecular weight excluding hydrogens is 308 g/mol. The van der Waals surface area contributed by atoms with Crippen molar-refractivity contribution in [2.45, 2.75) is 19.8 Å². The van der Waals surface area contributed by atoms with Gasteiger partial charge in [0.15, 0.2) is 5.78 Å². The molecule has 0 aliphatic heterocycles. The Morgan fingerprint density at radius 3 is 2.43 bits per heavy atom. The molecule has 4 heteroatoms. The van der Waals surface area contributed by atoms with Gasteiger partial charge in [-0.2, -0.15) is 0 Å². The Kier molecular flexibility index (Phi) is 6.18. The highest BCUT2D eigenvalue weighted by Gasteiger charge is 2.11. The van der Waals surface area contributed by atoms with Crippen molar-refractivity contribution in [3.63, 3.8) is 0 Å². The minimum Gasteiger partial charge on any atom is -0.462 e. The molecule has 0 unspecified atom stereocenters. The number of ether oxygens (including phenoxy) is 1. The lowest BCUT2D eigenvalue weighted by atomic mass is 10.0. The van der Waals surface area contributed by atoms with Gasteiger partial charge in [-0.15, -0.1) is 0 Å². The third-order valence-corrected chi connectivity index (χ3v) is 3.72. The molecule has 0 fully saturated rings. The van der Waals surface area contributed by atoms with E-state index < -0.39 is 5.97 Å². The molecule has 0 saturated heterocycles. The maximum Gasteiger partial charge on any atom is 0.338 e. The largest absolute Gasteiger partial charge is 0.462 e. The van der Waals surface area contributed by atoms with Crippen LogP contribution in [0, 0.1) is 0 Å². The van der Waals surface area contributed by atoms with Gasteiger partial charge < -0.3 is 4.74 Å². The maximum atomic E-state index is 12.3. The standard InChI is InChI=1S/C19H18O3S/c1-2-22-19(21)17-5-3-4-16(12-17)18(20)11-10-14-6-8-15(13-23)9-7-14/h3-9,12-13H,2,10-11H2,1H3. The number of benzene rings is 2. The van der Waals surface area contributed by atoms with Crippen LogP contribution in [0.25, 0.3) is 0 Å². The molecule has 0 bridgehead atoms. The molecule has 0 spiro atoms. The minimum absolute atomic E-state index is 0.00931. The predicted octanol–water partition coefficient (Wildman–Crippen LogP) is 4.03. The average Bonchev–Trinajstić information content (AvgIpc) is 2.60. The summed E-state index contributed by atoms with van der Waals surface area (Å²) in [5, 5.41) is 1.62. The van der Waals surface area contributed by atoms with Crippen LogP contribution < -0.4 is 0 Å². The number of hydrogen-bond acceptors (Lipinski definition) is 4. The first kappa shape index (κ1) is 17.0. The fourth-order valence-electron chi connectivity index (χ4n) is 2.20. The molecule has 0 atom stereocenters. The van der Waals surface area contributed by atoms with E-state index in [2.05, 4.69) is 0 Å². The zero-order valence-corrected chi connectivity index (χ0v) is 13.8. The van der Waals surface area contributed by atoms with Crippen LogP contribution in [-0.2, 0) is 11.2 Å². The minimum atomic E-state index is -0.405. The molecule has 3 nitrogen and oxygen atoms in total. The Morgan fingerprint density at radius 2 is 1.78 bits per heavy atom. The summed E-state index contributed by atoms with van der Waals surface area (Å²) < 4.78 is 4.95. The number of esters is 1. The van der Waals surface area contributed by atoms with Crippen LogP contribution in [0.3, 0.4) is 0 Å². The smallest absolute Gasteiger partial charge is 0.338 e. The molecule has 0 amide bonds. The van der Waals surface area contributed by atoms with E-state index in [0.29, 0.717) is 30.6 Å². The highest BCUT2D eigenvalue weighted by atomic mass is 32.1. The quantitative estimate of drug-likeness (QED) is 0.438. The van der Waals surface area contributed by atoms with Gasteiger partial charge in [0.1, 0.15) is 0 Å². The Hall–Kier alpha value is -2.33. The number of rotatable bonds is 7. The van der Waals surface area contributed by atoms with Gasteiger partial charge in [0.05, 0.1) is 12.2 Å². The number of hydrogen-bond donors (Lipinski definition) is 0. The number of thiocarbonyl (C=S) groups is 1. The van der Waals surface area contributed by atoms with Gasteiger partial charge in [-0.05, 0) is 36.6 Å². The summed E-state index contributed by atoms with van der Waals surface area (Å²) in [6, 6.07) is 14.5. The van der Waals surface area contributed by atoms with Crippen molar-refractivity contribution in [2.24, 2.45) is 0 Å². The van der Waals surface area contributed by atoms with Crippen molar-refractivity contribution in [3.05, 3.63) is 70.8 Å². The Morgan fingerprint density at radius 1 is 1.09 bits per heavy atom. The average molecular weight is 326 g/mol. The SMILES string of the molecule is CCOC(=O)c1cccc(C(=O)CCc2ccc(C=S)cc2)c1. The second-order valence-electron chi connectivity index (χ2n) is 5.08. The Bertz CT molecular complexity index is 705. The summed E-state index contributed by atoms with van der Waals surface area (Å²) in [5.74, 6) is -0.395. The summed E-state index contributed by atoms with van der Waals surface area (Å²) in [5.41, 5.74) is 3.01.